The molecule has 0 bridgehead atoms. The molecular weight excluding hydrogens is 324 g/mol. The van der Waals surface area contributed by atoms with E-state index in [1.165, 1.54) is 6.21 Å². The first-order valence-electron chi connectivity index (χ1n) is 7.36. The number of hydrogen-bond acceptors (Lipinski definition) is 3. The van der Waals surface area contributed by atoms with Crippen LogP contribution in [-0.2, 0) is 0 Å². The van der Waals surface area contributed by atoms with E-state index >= 15 is 0 Å². The number of amides is 1. The molecule has 0 aliphatic rings. The quantitative estimate of drug-likeness (QED) is 0.583. The molecule has 1 aromatic heterocycles. The first kappa shape index (κ1) is 16.0. The molecular formula is C18H15ClN4O. The molecule has 0 saturated heterocycles. The number of nitrogens with zero attached hydrogens (tertiary/aromatic N) is 3. The van der Waals surface area contributed by atoms with Gasteiger partial charge in [0.2, 0.25) is 0 Å². The maximum atomic E-state index is 12.0. The Bertz CT molecular complexity index is 873. The van der Waals surface area contributed by atoms with Gasteiger partial charge in [0.25, 0.3) is 5.91 Å². The lowest BCUT2D eigenvalue weighted by Crippen LogP contribution is -2.17. The lowest BCUT2D eigenvalue weighted by molar-refractivity contribution is 0.0955. The summed E-state index contributed by atoms with van der Waals surface area (Å²) in [7, 11) is 0. The van der Waals surface area contributed by atoms with Crippen LogP contribution in [0.5, 0.6) is 0 Å². The maximum absolute atomic E-state index is 12.0. The van der Waals surface area contributed by atoms with Gasteiger partial charge in [0.1, 0.15) is 5.15 Å². The fourth-order valence-corrected chi connectivity index (χ4v) is 2.53. The lowest BCUT2D eigenvalue weighted by atomic mass is 10.2. The van der Waals surface area contributed by atoms with E-state index in [0.29, 0.717) is 16.3 Å². The molecule has 6 heteroatoms. The second kappa shape index (κ2) is 7.10. The number of rotatable bonds is 4. The van der Waals surface area contributed by atoms with E-state index in [4.69, 9.17) is 11.6 Å². The summed E-state index contributed by atoms with van der Waals surface area (Å²) in [6.45, 7) is 1.84. The van der Waals surface area contributed by atoms with E-state index in [-0.39, 0.29) is 5.91 Å². The van der Waals surface area contributed by atoms with E-state index < -0.39 is 0 Å². The Kier molecular flexibility index (Phi) is 4.72. The summed E-state index contributed by atoms with van der Waals surface area (Å²) in [5, 5.41) is 8.84. The minimum atomic E-state index is -0.281. The number of aromatic nitrogens is 2. The fourth-order valence-electron chi connectivity index (χ4n) is 2.21. The van der Waals surface area contributed by atoms with Crippen LogP contribution in [-0.4, -0.2) is 21.9 Å². The Balaban J connectivity index is 1.78. The summed E-state index contributed by atoms with van der Waals surface area (Å²) in [6.07, 6.45) is 1.50. The van der Waals surface area contributed by atoms with Gasteiger partial charge in [-0.15, -0.1) is 0 Å². The van der Waals surface area contributed by atoms with Gasteiger partial charge in [-0.05, 0) is 31.2 Å². The summed E-state index contributed by atoms with van der Waals surface area (Å²) in [4.78, 5) is 12.0. The molecule has 3 rings (SSSR count). The molecule has 1 N–H and O–H groups in total. The van der Waals surface area contributed by atoms with E-state index in [2.05, 4.69) is 15.6 Å². The van der Waals surface area contributed by atoms with Crippen molar-refractivity contribution in [2.75, 3.05) is 0 Å². The van der Waals surface area contributed by atoms with Crippen molar-refractivity contribution in [3.63, 3.8) is 0 Å². The smallest absolute Gasteiger partial charge is 0.267 e. The summed E-state index contributed by atoms with van der Waals surface area (Å²) in [6, 6.07) is 18.5. The zero-order chi connectivity index (χ0) is 16.9. The predicted molar refractivity (Wildman–Crippen MR) is 94.8 cm³/mol. The van der Waals surface area contributed by atoms with E-state index in [1.807, 2.05) is 43.3 Å². The predicted octanol–water partition coefficient (Wildman–Crippen LogP) is 3.60. The Hall–Kier alpha value is -2.92. The van der Waals surface area contributed by atoms with Crippen LogP contribution in [0.2, 0.25) is 5.15 Å². The second-order valence-electron chi connectivity index (χ2n) is 5.10. The minimum absolute atomic E-state index is 0.281. The van der Waals surface area contributed by atoms with Gasteiger partial charge in [0.05, 0.1) is 23.2 Å². The van der Waals surface area contributed by atoms with Crippen LogP contribution in [0.1, 0.15) is 21.6 Å². The number of carbonyl (C=O) groups is 1. The van der Waals surface area contributed by atoms with Crippen LogP contribution >= 0.6 is 11.6 Å². The van der Waals surface area contributed by atoms with Gasteiger partial charge in [0, 0.05) is 5.56 Å². The van der Waals surface area contributed by atoms with Gasteiger partial charge < -0.3 is 0 Å². The van der Waals surface area contributed by atoms with E-state index in [9.17, 15) is 4.79 Å². The Labute approximate surface area is 144 Å². The van der Waals surface area contributed by atoms with Gasteiger partial charge >= 0.3 is 0 Å². The van der Waals surface area contributed by atoms with Crippen molar-refractivity contribution >= 4 is 23.7 Å². The van der Waals surface area contributed by atoms with Crippen LogP contribution in [0.4, 0.5) is 0 Å². The molecule has 0 aliphatic heterocycles. The first-order valence-corrected chi connectivity index (χ1v) is 7.73. The number of hydrazone groups is 1. The summed E-state index contributed by atoms with van der Waals surface area (Å²) in [5.41, 5.74) is 5.27. The van der Waals surface area contributed by atoms with Crippen molar-refractivity contribution in [1.29, 1.82) is 0 Å². The van der Waals surface area contributed by atoms with Crippen molar-refractivity contribution in [3.8, 4) is 5.69 Å². The molecule has 120 valence electrons. The van der Waals surface area contributed by atoms with Crippen molar-refractivity contribution in [2.45, 2.75) is 6.92 Å². The van der Waals surface area contributed by atoms with Crippen LogP contribution < -0.4 is 5.43 Å². The molecule has 0 radical (unpaired) electrons. The summed E-state index contributed by atoms with van der Waals surface area (Å²) < 4.78 is 1.64. The van der Waals surface area contributed by atoms with Crippen LogP contribution in [0.3, 0.4) is 0 Å². The van der Waals surface area contributed by atoms with Gasteiger partial charge in [-0.25, -0.2) is 10.1 Å². The monoisotopic (exact) mass is 338 g/mol. The second-order valence-corrected chi connectivity index (χ2v) is 5.46. The van der Waals surface area contributed by atoms with Gasteiger partial charge in [0.15, 0.2) is 0 Å². The highest BCUT2D eigenvalue weighted by Gasteiger charge is 2.13. The third-order valence-electron chi connectivity index (χ3n) is 3.44. The zero-order valence-corrected chi connectivity index (χ0v) is 13.7. The maximum Gasteiger partial charge on any atom is 0.271 e. The average molecular weight is 339 g/mol. The van der Waals surface area contributed by atoms with Crippen molar-refractivity contribution in [2.24, 2.45) is 5.10 Å². The number of para-hydroxylation sites is 1. The van der Waals surface area contributed by atoms with E-state index in [1.54, 1.807) is 28.9 Å². The third kappa shape index (κ3) is 3.36. The molecule has 2 aromatic carbocycles. The number of aryl methyl sites for hydroxylation is 1. The number of hydrogen-bond donors (Lipinski definition) is 1. The minimum Gasteiger partial charge on any atom is -0.267 e. The standard InChI is InChI=1S/C18H15ClN4O/c1-13-16(12-20-21-18(24)14-8-4-2-5-9-14)17(19)23(22-13)15-10-6-3-7-11-15/h2-12H,1H3,(H,21,24)/b20-12-. The SMILES string of the molecule is Cc1nn(-c2ccccc2)c(Cl)c1/C=N\NC(=O)c1ccccc1. The summed E-state index contributed by atoms with van der Waals surface area (Å²) >= 11 is 6.39. The molecule has 1 amide bonds. The highest BCUT2D eigenvalue weighted by Crippen LogP contribution is 2.21. The molecule has 0 unspecified atom stereocenters. The van der Waals surface area contributed by atoms with Gasteiger partial charge in [-0.2, -0.15) is 10.2 Å². The zero-order valence-electron chi connectivity index (χ0n) is 13.0. The van der Waals surface area contributed by atoms with E-state index in [0.717, 1.165) is 11.4 Å². The first-order chi connectivity index (χ1) is 11.7. The number of halogens is 1. The highest BCUT2D eigenvalue weighted by atomic mass is 35.5. The number of benzene rings is 2. The summed E-state index contributed by atoms with van der Waals surface area (Å²) in [5.74, 6) is -0.281. The van der Waals surface area contributed by atoms with Crippen molar-refractivity contribution in [3.05, 3.63) is 82.6 Å². The van der Waals surface area contributed by atoms with Crippen LogP contribution in [0.15, 0.2) is 65.8 Å². The Morgan fingerprint density at radius 1 is 1.12 bits per heavy atom. The number of nitrogens with one attached hydrogen (secondary N) is 1. The largest absolute Gasteiger partial charge is 0.271 e. The normalized spacial score (nSPS) is 10.9. The van der Waals surface area contributed by atoms with Crippen molar-refractivity contribution < 1.29 is 4.79 Å². The lowest BCUT2D eigenvalue weighted by Gasteiger charge is -2.02. The van der Waals surface area contributed by atoms with Gasteiger partial charge in [-0.3, -0.25) is 4.79 Å². The molecule has 0 spiro atoms. The molecule has 5 nitrogen and oxygen atoms in total. The highest BCUT2D eigenvalue weighted by molar-refractivity contribution is 6.32. The molecule has 24 heavy (non-hydrogen) atoms. The molecule has 0 saturated carbocycles. The average Bonchev–Trinajstić information content (AvgIpc) is 2.91. The van der Waals surface area contributed by atoms with Gasteiger partial charge in [-0.1, -0.05) is 48.0 Å². The Morgan fingerprint density at radius 2 is 1.75 bits per heavy atom. The molecule has 0 aliphatic carbocycles. The van der Waals surface area contributed by atoms with Crippen LogP contribution in [0.25, 0.3) is 5.69 Å². The van der Waals surface area contributed by atoms with Crippen LogP contribution in [0, 0.1) is 6.92 Å². The molecule has 1 heterocycles. The Morgan fingerprint density at radius 3 is 2.42 bits per heavy atom. The molecule has 3 aromatic rings. The number of carbonyl (C=O) groups excluding carboxylic acids is 1. The van der Waals surface area contributed by atoms with Crippen molar-refractivity contribution in [1.82, 2.24) is 15.2 Å². The topological polar surface area (TPSA) is 59.3 Å². The molecule has 0 fully saturated rings. The molecule has 0 atom stereocenters. The third-order valence-corrected chi connectivity index (χ3v) is 3.81. The fraction of sp³-hybridized carbons (Fsp3) is 0.0556.